The van der Waals surface area contributed by atoms with Crippen LogP contribution in [0.15, 0.2) is 48.8 Å². The Morgan fingerprint density at radius 1 is 0.882 bits per heavy atom. The summed E-state index contributed by atoms with van der Waals surface area (Å²) in [6, 6.07) is 12.8. The number of pyridine rings is 1. The maximum absolute atomic E-state index is 4.16. The zero-order chi connectivity index (χ0) is 11.7. The van der Waals surface area contributed by atoms with E-state index in [4.69, 9.17) is 0 Å². The molecule has 0 unspecified atom stereocenters. The van der Waals surface area contributed by atoms with Crippen LogP contribution in [0.5, 0.6) is 0 Å². The van der Waals surface area contributed by atoms with Crippen molar-refractivity contribution in [3.63, 3.8) is 0 Å². The summed E-state index contributed by atoms with van der Waals surface area (Å²) in [5.41, 5.74) is 1.19. The lowest BCUT2D eigenvalue weighted by Gasteiger charge is -1.94. The highest BCUT2D eigenvalue weighted by molar-refractivity contribution is 7.23. The average Bonchev–Trinajstić information content (AvgIpc) is 2.98. The van der Waals surface area contributed by atoms with Gasteiger partial charge in [-0.2, -0.15) is 0 Å². The normalized spacial score (nSPS) is 10.6. The zero-order valence-electron chi connectivity index (χ0n) is 9.38. The molecule has 1 nitrogen and oxygen atoms in total. The van der Waals surface area contributed by atoms with Gasteiger partial charge in [0, 0.05) is 37.5 Å². The molecule has 3 heteroatoms. The molecule has 0 radical (unpaired) electrons. The molecule has 0 saturated heterocycles. The minimum Gasteiger partial charge on any atom is -0.264 e. The van der Waals surface area contributed by atoms with Gasteiger partial charge in [-0.1, -0.05) is 6.07 Å². The number of aromatic nitrogens is 1. The number of nitrogens with zero attached hydrogens (tertiary/aromatic N) is 1. The molecule has 84 valence electrons. The van der Waals surface area contributed by atoms with Crippen LogP contribution in [0.25, 0.3) is 20.2 Å². The van der Waals surface area contributed by atoms with E-state index in [-0.39, 0.29) is 0 Å². The molecule has 0 aromatic carbocycles. The third kappa shape index (κ3) is 2.16. The minimum absolute atomic E-state index is 1.19. The fourth-order valence-corrected chi connectivity index (χ4v) is 3.65. The van der Waals surface area contributed by atoms with Crippen LogP contribution in [-0.2, 0) is 0 Å². The fraction of sp³-hybridized carbons (Fsp3) is 0.0714. The lowest BCUT2D eigenvalue weighted by molar-refractivity contribution is 1.33. The van der Waals surface area contributed by atoms with E-state index in [0.29, 0.717) is 0 Å². The quantitative estimate of drug-likeness (QED) is 0.639. The van der Waals surface area contributed by atoms with Gasteiger partial charge in [-0.25, -0.2) is 0 Å². The van der Waals surface area contributed by atoms with Crippen molar-refractivity contribution in [2.24, 2.45) is 0 Å². The number of hydrogen-bond acceptors (Lipinski definition) is 3. The van der Waals surface area contributed by atoms with Crippen molar-refractivity contribution in [2.75, 3.05) is 0 Å². The standard InChI is InChI=1S/C14H11NS2/c1-10-4-5-13(16-10)14-7-6-12(17-14)11-3-2-8-15-9-11/h2-9H,1H3. The topological polar surface area (TPSA) is 12.9 Å². The van der Waals surface area contributed by atoms with Crippen LogP contribution in [0, 0.1) is 6.92 Å². The third-order valence-electron chi connectivity index (χ3n) is 2.54. The molecular formula is C14H11NS2. The second-order valence-corrected chi connectivity index (χ2v) is 6.19. The van der Waals surface area contributed by atoms with Crippen molar-refractivity contribution in [3.8, 4) is 20.2 Å². The summed E-state index contributed by atoms with van der Waals surface area (Å²) in [7, 11) is 0. The van der Waals surface area contributed by atoms with Crippen LogP contribution < -0.4 is 0 Å². The first kappa shape index (κ1) is 10.7. The molecule has 0 atom stereocenters. The SMILES string of the molecule is Cc1ccc(-c2ccc(-c3cccnc3)s2)s1. The molecule has 0 spiro atoms. The predicted molar refractivity (Wildman–Crippen MR) is 75.6 cm³/mol. The second-order valence-electron chi connectivity index (χ2n) is 3.82. The Morgan fingerprint density at radius 3 is 2.35 bits per heavy atom. The molecule has 0 amide bonds. The van der Waals surface area contributed by atoms with E-state index in [2.05, 4.69) is 42.2 Å². The molecule has 3 aromatic rings. The van der Waals surface area contributed by atoms with Gasteiger partial charge < -0.3 is 0 Å². The van der Waals surface area contributed by atoms with E-state index in [0.717, 1.165) is 0 Å². The lowest BCUT2D eigenvalue weighted by atomic mass is 10.2. The molecule has 3 heterocycles. The summed E-state index contributed by atoms with van der Waals surface area (Å²) in [4.78, 5) is 9.48. The van der Waals surface area contributed by atoms with Crippen molar-refractivity contribution in [1.82, 2.24) is 4.98 Å². The smallest absolute Gasteiger partial charge is 0.0449 e. The summed E-state index contributed by atoms with van der Waals surface area (Å²) in [6.07, 6.45) is 3.72. The highest BCUT2D eigenvalue weighted by Gasteiger charge is 2.06. The molecule has 0 saturated carbocycles. The lowest BCUT2D eigenvalue weighted by Crippen LogP contribution is -1.72. The molecule has 17 heavy (non-hydrogen) atoms. The van der Waals surface area contributed by atoms with E-state index in [1.807, 2.05) is 34.9 Å². The largest absolute Gasteiger partial charge is 0.264 e. The summed E-state index contributed by atoms with van der Waals surface area (Å²) in [5.74, 6) is 0. The molecule has 0 aliphatic rings. The Labute approximate surface area is 108 Å². The zero-order valence-corrected chi connectivity index (χ0v) is 11.0. The van der Waals surface area contributed by atoms with Gasteiger partial charge in [-0.15, -0.1) is 22.7 Å². The molecular weight excluding hydrogens is 246 g/mol. The number of thiophene rings is 2. The summed E-state index contributed by atoms with van der Waals surface area (Å²) < 4.78 is 0. The first-order chi connectivity index (χ1) is 8.33. The third-order valence-corrected chi connectivity index (χ3v) is 4.87. The van der Waals surface area contributed by atoms with Crippen LogP contribution >= 0.6 is 22.7 Å². The van der Waals surface area contributed by atoms with Crippen molar-refractivity contribution in [2.45, 2.75) is 6.92 Å². The Morgan fingerprint density at radius 2 is 1.65 bits per heavy atom. The van der Waals surface area contributed by atoms with Crippen LogP contribution in [0.4, 0.5) is 0 Å². The predicted octanol–water partition coefficient (Wildman–Crippen LogP) is 4.85. The van der Waals surface area contributed by atoms with E-state index in [9.17, 15) is 0 Å². The highest BCUT2D eigenvalue weighted by Crippen LogP contribution is 2.37. The molecule has 3 aromatic heterocycles. The van der Waals surface area contributed by atoms with E-state index in [1.165, 1.54) is 25.1 Å². The van der Waals surface area contributed by atoms with E-state index < -0.39 is 0 Å². The van der Waals surface area contributed by atoms with Gasteiger partial charge in [0.25, 0.3) is 0 Å². The van der Waals surface area contributed by atoms with Gasteiger partial charge in [0.05, 0.1) is 0 Å². The van der Waals surface area contributed by atoms with Crippen LogP contribution in [0.2, 0.25) is 0 Å². The maximum atomic E-state index is 4.16. The molecule has 3 rings (SSSR count). The Bertz CT molecular complexity index is 622. The van der Waals surface area contributed by atoms with Gasteiger partial charge in [-0.3, -0.25) is 4.98 Å². The molecule has 0 aliphatic heterocycles. The average molecular weight is 257 g/mol. The van der Waals surface area contributed by atoms with Crippen molar-refractivity contribution in [3.05, 3.63) is 53.7 Å². The second kappa shape index (κ2) is 4.43. The van der Waals surface area contributed by atoms with Gasteiger partial charge >= 0.3 is 0 Å². The Balaban J connectivity index is 1.99. The van der Waals surface area contributed by atoms with E-state index >= 15 is 0 Å². The maximum Gasteiger partial charge on any atom is 0.0449 e. The first-order valence-electron chi connectivity index (χ1n) is 5.40. The number of aryl methyl sites for hydroxylation is 1. The monoisotopic (exact) mass is 257 g/mol. The van der Waals surface area contributed by atoms with Crippen LogP contribution in [0.1, 0.15) is 4.88 Å². The van der Waals surface area contributed by atoms with Crippen molar-refractivity contribution < 1.29 is 0 Å². The van der Waals surface area contributed by atoms with Gasteiger partial charge in [0.1, 0.15) is 0 Å². The Hall–Kier alpha value is -1.45. The summed E-state index contributed by atoms with van der Waals surface area (Å²) >= 11 is 3.67. The number of rotatable bonds is 2. The van der Waals surface area contributed by atoms with E-state index in [1.54, 1.807) is 6.20 Å². The Kier molecular flexibility index (Phi) is 2.79. The molecule has 0 aliphatic carbocycles. The number of hydrogen-bond donors (Lipinski definition) is 0. The van der Waals surface area contributed by atoms with Gasteiger partial charge in [0.15, 0.2) is 0 Å². The van der Waals surface area contributed by atoms with Crippen molar-refractivity contribution >= 4 is 22.7 Å². The van der Waals surface area contributed by atoms with Crippen LogP contribution in [0.3, 0.4) is 0 Å². The molecule has 0 bridgehead atoms. The molecule has 0 N–H and O–H groups in total. The first-order valence-corrected chi connectivity index (χ1v) is 7.03. The summed E-state index contributed by atoms with van der Waals surface area (Å²) in [5, 5.41) is 0. The van der Waals surface area contributed by atoms with Gasteiger partial charge in [0.2, 0.25) is 0 Å². The highest BCUT2D eigenvalue weighted by atomic mass is 32.1. The molecule has 0 fully saturated rings. The van der Waals surface area contributed by atoms with Crippen LogP contribution in [-0.4, -0.2) is 4.98 Å². The van der Waals surface area contributed by atoms with Gasteiger partial charge in [-0.05, 0) is 37.3 Å². The fourth-order valence-electron chi connectivity index (χ4n) is 1.70. The summed E-state index contributed by atoms with van der Waals surface area (Å²) in [6.45, 7) is 2.14. The van der Waals surface area contributed by atoms with Crippen molar-refractivity contribution in [1.29, 1.82) is 0 Å². The minimum atomic E-state index is 1.19.